The smallest absolute Gasteiger partial charge is 0.140 e. The first kappa shape index (κ1) is 9.43. The number of hydrogen-bond acceptors (Lipinski definition) is 3. The quantitative estimate of drug-likeness (QED) is 0.713. The van der Waals surface area contributed by atoms with E-state index in [2.05, 4.69) is 14.5 Å². The van der Waals surface area contributed by atoms with Crippen molar-refractivity contribution in [3.8, 4) is 5.75 Å². The Kier molecular flexibility index (Phi) is 3.01. The topological polar surface area (TPSA) is 42.4 Å². The molecule has 1 N–H and O–H groups in total. The van der Waals surface area contributed by atoms with E-state index >= 15 is 0 Å². The molecule has 1 aromatic rings. The Morgan fingerprint density at radius 1 is 1.58 bits per heavy atom. The Bertz CT molecular complexity index is 289. The summed E-state index contributed by atoms with van der Waals surface area (Å²) in [5.41, 5.74) is 2.40. The normalized spacial score (nSPS) is 10.2. The van der Waals surface area contributed by atoms with Crippen molar-refractivity contribution in [2.45, 2.75) is 20.5 Å². The second-order valence-corrected chi connectivity index (χ2v) is 2.99. The van der Waals surface area contributed by atoms with Crippen molar-refractivity contribution in [1.29, 1.82) is 0 Å². The third kappa shape index (κ3) is 1.74. The molecule has 0 spiro atoms. The Morgan fingerprint density at radius 2 is 2.25 bits per heavy atom. The summed E-state index contributed by atoms with van der Waals surface area (Å²) < 4.78 is 4.87. The van der Waals surface area contributed by atoms with Gasteiger partial charge >= 0.3 is 0 Å². The summed E-state index contributed by atoms with van der Waals surface area (Å²) in [6.07, 6.45) is 1.72. The van der Waals surface area contributed by atoms with E-state index in [1.807, 2.05) is 6.92 Å². The zero-order valence-electron chi connectivity index (χ0n) is 7.16. The lowest BCUT2D eigenvalue weighted by molar-refractivity contribution is 0.357. The number of aryl methyl sites for hydroxylation is 1. The number of hydrogen-bond donors (Lipinski definition) is 1. The number of aromatic hydroxyl groups is 1. The molecule has 0 fully saturated rings. The Morgan fingerprint density at radius 3 is 2.83 bits per heavy atom. The van der Waals surface area contributed by atoms with E-state index in [1.165, 1.54) is 0 Å². The standard InChI is InChI=1S/C8H12NO2P/c1-5-7(4-11-12)3-9-6(2)8(5)10/h3,10H,4,12H2,1-2H3. The lowest BCUT2D eigenvalue weighted by atomic mass is 10.1. The molecule has 1 aromatic heterocycles. The molecule has 0 radical (unpaired) electrons. The molecular weight excluding hydrogens is 173 g/mol. The zero-order chi connectivity index (χ0) is 9.14. The predicted octanol–water partition coefficient (Wildman–Crippen LogP) is 1.71. The maximum absolute atomic E-state index is 9.49. The lowest BCUT2D eigenvalue weighted by Crippen LogP contribution is -1.94. The van der Waals surface area contributed by atoms with Crippen LogP contribution in [0.1, 0.15) is 16.8 Å². The van der Waals surface area contributed by atoms with Gasteiger partial charge in [0.05, 0.1) is 12.3 Å². The van der Waals surface area contributed by atoms with Gasteiger partial charge in [-0.2, -0.15) is 0 Å². The maximum Gasteiger partial charge on any atom is 0.140 e. The summed E-state index contributed by atoms with van der Waals surface area (Å²) >= 11 is 0. The Hall–Kier alpha value is -0.660. The van der Waals surface area contributed by atoms with Gasteiger partial charge in [-0.25, -0.2) is 0 Å². The summed E-state index contributed by atoms with van der Waals surface area (Å²) in [6.45, 7) is 4.08. The monoisotopic (exact) mass is 185 g/mol. The molecule has 66 valence electrons. The molecule has 1 unspecified atom stereocenters. The molecule has 1 heterocycles. The largest absolute Gasteiger partial charge is 0.506 e. The number of aromatic nitrogens is 1. The van der Waals surface area contributed by atoms with Crippen molar-refractivity contribution in [3.63, 3.8) is 0 Å². The van der Waals surface area contributed by atoms with Crippen LogP contribution in [0.4, 0.5) is 0 Å². The van der Waals surface area contributed by atoms with Gasteiger partial charge in [-0.1, -0.05) is 0 Å². The summed E-state index contributed by atoms with van der Waals surface area (Å²) in [6, 6.07) is 0. The van der Waals surface area contributed by atoms with Crippen LogP contribution in [-0.4, -0.2) is 10.1 Å². The molecule has 12 heavy (non-hydrogen) atoms. The van der Waals surface area contributed by atoms with Crippen molar-refractivity contribution in [2.75, 3.05) is 0 Å². The maximum atomic E-state index is 9.49. The van der Waals surface area contributed by atoms with E-state index in [-0.39, 0.29) is 5.75 Å². The van der Waals surface area contributed by atoms with Gasteiger partial charge in [0.1, 0.15) is 5.75 Å². The first-order valence-electron chi connectivity index (χ1n) is 3.62. The van der Waals surface area contributed by atoms with Gasteiger partial charge in [-0.05, 0) is 19.4 Å². The minimum absolute atomic E-state index is 0.259. The van der Waals surface area contributed by atoms with E-state index in [9.17, 15) is 5.11 Å². The van der Waals surface area contributed by atoms with Crippen LogP contribution in [0.25, 0.3) is 0 Å². The fourth-order valence-electron chi connectivity index (χ4n) is 0.991. The molecule has 0 amide bonds. The molecule has 0 aliphatic heterocycles. The third-order valence-corrected chi connectivity index (χ3v) is 2.00. The highest BCUT2D eigenvalue weighted by Crippen LogP contribution is 2.22. The summed E-state index contributed by atoms with van der Waals surface area (Å²) in [5, 5.41) is 9.49. The highest BCUT2D eigenvalue weighted by atomic mass is 31.0. The highest BCUT2D eigenvalue weighted by molar-refractivity contribution is 7.09. The van der Waals surface area contributed by atoms with Crippen LogP contribution >= 0.6 is 9.47 Å². The van der Waals surface area contributed by atoms with Crippen molar-refractivity contribution < 1.29 is 9.63 Å². The fraction of sp³-hybridized carbons (Fsp3) is 0.375. The highest BCUT2D eigenvalue weighted by Gasteiger charge is 2.06. The van der Waals surface area contributed by atoms with Gasteiger partial charge in [-0.15, -0.1) is 0 Å². The van der Waals surface area contributed by atoms with Crippen molar-refractivity contribution in [3.05, 3.63) is 23.0 Å². The fourth-order valence-corrected chi connectivity index (χ4v) is 1.17. The molecule has 0 saturated heterocycles. The second kappa shape index (κ2) is 3.83. The molecule has 1 rings (SSSR count). The minimum Gasteiger partial charge on any atom is -0.506 e. The average Bonchev–Trinajstić information content (AvgIpc) is 2.07. The second-order valence-electron chi connectivity index (χ2n) is 2.65. The molecule has 3 nitrogen and oxygen atoms in total. The SMILES string of the molecule is Cc1ncc(COP)c(C)c1O. The van der Waals surface area contributed by atoms with E-state index in [1.54, 1.807) is 13.1 Å². The van der Waals surface area contributed by atoms with E-state index < -0.39 is 0 Å². The van der Waals surface area contributed by atoms with Gasteiger partial charge in [0.2, 0.25) is 0 Å². The van der Waals surface area contributed by atoms with Gasteiger partial charge in [-0.3, -0.25) is 4.98 Å². The van der Waals surface area contributed by atoms with Crippen LogP contribution in [0.2, 0.25) is 0 Å². The Balaban J connectivity index is 3.08. The molecule has 0 bridgehead atoms. The first-order valence-corrected chi connectivity index (χ1v) is 4.09. The Labute approximate surface area is 74.1 Å². The van der Waals surface area contributed by atoms with E-state index in [0.29, 0.717) is 12.3 Å². The van der Waals surface area contributed by atoms with E-state index in [0.717, 1.165) is 11.1 Å². The summed E-state index contributed by atoms with van der Waals surface area (Å²) in [5.74, 6) is 0.259. The molecule has 0 aromatic carbocycles. The number of rotatable bonds is 2. The van der Waals surface area contributed by atoms with Gasteiger partial charge in [0, 0.05) is 21.2 Å². The van der Waals surface area contributed by atoms with Crippen LogP contribution in [0.5, 0.6) is 5.75 Å². The molecule has 0 aliphatic rings. The average molecular weight is 185 g/mol. The lowest BCUT2D eigenvalue weighted by Gasteiger charge is -2.07. The molecule has 1 atom stereocenters. The predicted molar refractivity (Wildman–Crippen MR) is 49.9 cm³/mol. The number of pyridine rings is 1. The van der Waals surface area contributed by atoms with Crippen LogP contribution in [0.3, 0.4) is 0 Å². The van der Waals surface area contributed by atoms with Gasteiger partial charge < -0.3 is 9.63 Å². The third-order valence-electron chi connectivity index (χ3n) is 1.83. The van der Waals surface area contributed by atoms with Crippen molar-refractivity contribution >= 4 is 9.47 Å². The van der Waals surface area contributed by atoms with Gasteiger partial charge in [0.25, 0.3) is 0 Å². The van der Waals surface area contributed by atoms with Crippen LogP contribution in [0.15, 0.2) is 6.20 Å². The van der Waals surface area contributed by atoms with Crippen LogP contribution in [0, 0.1) is 13.8 Å². The van der Waals surface area contributed by atoms with Crippen molar-refractivity contribution in [1.82, 2.24) is 4.98 Å². The van der Waals surface area contributed by atoms with Gasteiger partial charge in [0.15, 0.2) is 0 Å². The van der Waals surface area contributed by atoms with Crippen molar-refractivity contribution in [2.24, 2.45) is 0 Å². The molecule has 4 heteroatoms. The minimum atomic E-state index is 0.259. The summed E-state index contributed by atoms with van der Waals surface area (Å²) in [4.78, 5) is 4.02. The number of nitrogens with zero attached hydrogens (tertiary/aromatic N) is 1. The molecule has 0 saturated carbocycles. The van der Waals surface area contributed by atoms with Crippen LogP contribution < -0.4 is 0 Å². The molecular formula is C8H12NO2P. The molecule has 0 aliphatic carbocycles. The zero-order valence-corrected chi connectivity index (χ0v) is 8.32. The van der Waals surface area contributed by atoms with E-state index in [4.69, 9.17) is 4.52 Å². The van der Waals surface area contributed by atoms with Crippen LogP contribution in [-0.2, 0) is 11.1 Å². The first-order chi connectivity index (χ1) is 5.66. The summed E-state index contributed by atoms with van der Waals surface area (Å²) in [7, 11) is 2.17.